The van der Waals surface area contributed by atoms with E-state index in [0.717, 1.165) is 84.2 Å². The Morgan fingerprint density at radius 2 is 1.62 bits per heavy atom. The first-order valence-corrected chi connectivity index (χ1v) is 11.3. The second-order valence-electron chi connectivity index (χ2n) is 8.59. The number of nitrogens with one attached hydrogen (secondary N) is 1. The third-order valence-corrected chi connectivity index (χ3v) is 6.01. The van der Waals surface area contributed by atoms with E-state index < -0.39 is 0 Å². The molecule has 0 aromatic heterocycles. The van der Waals surface area contributed by atoms with Crippen molar-refractivity contribution >= 4 is 5.91 Å². The molecule has 1 saturated carbocycles. The second kappa shape index (κ2) is 11.7. The van der Waals surface area contributed by atoms with Crippen molar-refractivity contribution in [2.75, 3.05) is 40.5 Å². The standard InChI is InChI=1S/C24H38N2O3/c1-28-12-4-6-19-14-20(7-5-13-29-2)16-21(15-19)18-26(23-9-10-23)24(27)22-8-3-11-25-17-22/h14-16,22-23,25H,3-13,17-18H2,1-2H3. The van der Waals surface area contributed by atoms with Gasteiger partial charge in [0.1, 0.15) is 0 Å². The Balaban J connectivity index is 1.71. The Hall–Kier alpha value is -1.43. The van der Waals surface area contributed by atoms with Gasteiger partial charge in [-0.1, -0.05) is 18.2 Å². The molecule has 2 aliphatic rings. The molecule has 3 rings (SSSR count). The van der Waals surface area contributed by atoms with Crippen molar-refractivity contribution in [3.8, 4) is 0 Å². The molecular formula is C24H38N2O3. The number of hydrogen-bond donors (Lipinski definition) is 1. The number of carbonyl (C=O) groups excluding carboxylic acids is 1. The van der Waals surface area contributed by atoms with E-state index in [4.69, 9.17) is 9.47 Å². The minimum absolute atomic E-state index is 0.149. The lowest BCUT2D eigenvalue weighted by molar-refractivity contribution is -0.137. The smallest absolute Gasteiger partial charge is 0.227 e. The lowest BCUT2D eigenvalue weighted by Gasteiger charge is -2.30. The van der Waals surface area contributed by atoms with Gasteiger partial charge >= 0.3 is 0 Å². The van der Waals surface area contributed by atoms with Gasteiger partial charge < -0.3 is 19.7 Å². The zero-order valence-corrected chi connectivity index (χ0v) is 18.3. The fraction of sp³-hybridized carbons (Fsp3) is 0.708. The Kier molecular flexibility index (Phi) is 8.96. The maximum atomic E-state index is 13.2. The van der Waals surface area contributed by atoms with Gasteiger partial charge in [-0.2, -0.15) is 0 Å². The molecule has 1 heterocycles. The summed E-state index contributed by atoms with van der Waals surface area (Å²) in [6, 6.07) is 7.37. The van der Waals surface area contributed by atoms with Crippen LogP contribution in [0.1, 0.15) is 55.2 Å². The second-order valence-corrected chi connectivity index (χ2v) is 8.59. The Labute approximate surface area is 176 Å². The number of nitrogens with zero attached hydrogens (tertiary/aromatic N) is 1. The number of benzene rings is 1. The summed E-state index contributed by atoms with van der Waals surface area (Å²) < 4.78 is 10.5. The molecule has 0 spiro atoms. The van der Waals surface area contributed by atoms with Crippen LogP contribution >= 0.6 is 0 Å². The molecule has 5 heteroatoms. The first kappa shape index (κ1) is 22.3. The van der Waals surface area contributed by atoms with Crippen molar-refractivity contribution in [1.82, 2.24) is 10.2 Å². The average Bonchev–Trinajstić information content (AvgIpc) is 3.58. The number of piperidine rings is 1. The van der Waals surface area contributed by atoms with Gasteiger partial charge in [-0.05, 0) is 74.6 Å². The number of ether oxygens (including phenoxy) is 2. The molecule has 0 bridgehead atoms. The first-order valence-electron chi connectivity index (χ1n) is 11.3. The van der Waals surface area contributed by atoms with E-state index in [1.165, 1.54) is 16.7 Å². The summed E-state index contributed by atoms with van der Waals surface area (Å²) in [6.07, 6.45) is 8.51. The summed E-state index contributed by atoms with van der Waals surface area (Å²) in [6.45, 7) is 4.19. The van der Waals surface area contributed by atoms with Gasteiger partial charge in [0.2, 0.25) is 5.91 Å². The Bertz CT molecular complexity index is 611. The molecule has 1 aromatic rings. The van der Waals surface area contributed by atoms with Crippen LogP contribution in [0.3, 0.4) is 0 Å². The van der Waals surface area contributed by atoms with E-state index in [9.17, 15) is 4.79 Å². The molecule has 0 radical (unpaired) electrons. The van der Waals surface area contributed by atoms with Crippen molar-refractivity contribution in [3.05, 3.63) is 34.9 Å². The summed E-state index contributed by atoms with van der Waals surface area (Å²) in [5, 5.41) is 3.40. The third-order valence-electron chi connectivity index (χ3n) is 6.01. The van der Waals surface area contributed by atoms with Crippen LogP contribution in [-0.2, 0) is 33.7 Å². The fourth-order valence-electron chi connectivity index (χ4n) is 4.33. The summed E-state index contributed by atoms with van der Waals surface area (Å²) in [5.41, 5.74) is 3.99. The number of carbonyl (C=O) groups is 1. The molecular weight excluding hydrogens is 364 g/mol. The molecule has 1 amide bonds. The van der Waals surface area contributed by atoms with Crippen molar-refractivity contribution < 1.29 is 14.3 Å². The Morgan fingerprint density at radius 1 is 1.00 bits per heavy atom. The molecule has 1 N–H and O–H groups in total. The number of amides is 1. The monoisotopic (exact) mass is 402 g/mol. The zero-order valence-electron chi connectivity index (χ0n) is 18.3. The molecule has 162 valence electrons. The SMILES string of the molecule is COCCCc1cc(CCCOC)cc(CN(C(=O)C2CCCNC2)C2CC2)c1. The van der Waals surface area contributed by atoms with Crippen molar-refractivity contribution in [2.24, 2.45) is 5.92 Å². The van der Waals surface area contributed by atoms with Crippen LogP contribution in [0.15, 0.2) is 18.2 Å². The summed E-state index contributed by atoms with van der Waals surface area (Å²) in [5.74, 6) is 0.501. The Morgan fingerprint density at radius 3 is 2.14 bits per heavy atom. The number of aryl methyl sites for hydroxylation is 2. The summed E-state index contributed by atoms with van der Waals surface area (Å²) in [4.78, 5) is 15.4. The predicted molar refractivity (Wildman–Crippen MR) is 116 cm³/mol. The number of hydrogen-bond acceptors (Lipinski definition) is 4. The molecule has 2 fully saturated rings. The van der Waals surface area contributed by atoms with E-state index in [0.29, 0.717) is 11.9 Å². The van der Waals surface area contributed by atoms with Gasteiger partial charge in [-0.25, -0.2) is 0 Å². The molecule has 1 aliphatic heterocycles. The van der Waals surface area contributed by atoms with Gasteiger partial charge in [0.25, 0.3) is 0 Å². The predicted octanol–water partition coefficient (Wildman–Crippen LogP) is 3.34. The highest BCUT2D eigenvalue weighted by molar-refractivity contribution is 5.80. The van der Waals surface area contributed by atoms with Gasteiger partial charge in [0, 0.05) is 46.6 Å². The highest BCUT2D eigenvalue weighted by atomic mass is 16.5. The van der Waals surface area contributed by atoms with Gasteiger partial charge in [0.05, 0.1) is 5.92 Å². The van der Waals surface area contributed by atoms with Gasteiger partial charge in [-0.15, -0.1) is 0 Å². The van der Waals surface area contributed by atoms with E-state index in [1.54, 1.807) is 14.2 Å². The largest absolute Gasteiger partial charge is 0.385 e. The molecule has 1 aromatic carbocycles. The third kappa shape index (κ3) is 7.09. The fourth-order valence-corrected chi connectivity index (χ4v) is 4.33. The number of rotatable bonds is 12. The van der Waals surface area contributed by atoms with Crippen LogP contribution in [0, 0.1) is 5.92 Å². The maximum absolute atomic E-state index is 13.2. The molecule has 5 nitrogen and oxygen atoms in total. The molecule has 1 unspecified atom stereocenters. The van der Waals surface area contributed by atoms with Crippen molar-refractivity contribution in [3.63, 3.8) is 0 Å². The molecule has 1 atom stereocenters. The van der Waals surface area contributed by atoms with E-state index in [1.807, 2.05) is 0 Å². The van der Waals surface area contributed by atoms with Crippen molar-refractivity contribution in [2.45, 2.75) is 64.0 Å². The number of methoxy groups -OCH3 is 2. The highest BCUT2D eigenvalue weighted by Gasteiger charge is 2.36. The van der Waals surface area contributed by atoms with Gasteiger partial charge in [0.15, 0.2) is 0 Å². The average molecular weight is 403 g/mol. The minimum Gasteiger partial charge on any atom is -0.385 e. The van der Waals surface area contributed by atoms with Crippen LogP contribution < -0.4 is 5.32 Å². The van der Waals surface area contributed by atoms with Crippen LogP contribution in [0.2, 0.25) is 0 Å². The molecule has 1 saturated heterocycles. The minimum atomic E-state index is 0.149. The van der Waals surface area contributed by atoms with Gasteiger partial charge in [-0.3, -0.25) is 4.79 Å². The van der Waals surface area contributed by atoms with E-state index >= 15 is 0 Å². The molecule has 1 aliphatic carbocycles. The van der Waals surface area contributed by atoms with Crippen LogP contribution in [-0.4, -0.2) is 57.4 Å². The highest BCUT2D eigenvalue weighted by Crippen LogP contribution is 2.31. The lowest BCUT2D eigenvalue weighted by Crippen LogP contribution is -2.43. The summed E-state index contributed by atoms with van der Waals surface area (Å²) >= 11 is 0. The van der Waals surface area contributed by atoms with Crippen LogP contribution in [0.5, 0.6) is 0 Å². The normalized spacial score (nSPS) is 19.3. The van der Waals surface area contributed by atoms with E-state index in [-0.39, 0.29) is 5.92 Å². The zero-order chi connectivity index (χ0) is 20.5. The van der Waals surface area contributed by atoms with Crippen LogP contribution in [0.25, 0.3) is 0 Å². The quantitative estimate of drug-likeness (QED) is 0.545. The van der Waals surface area contributed by atoms with E-state index in [2.05, 4.69) is 28.4 Å². The lowest BCUT2D eigenvalue weighted by atomic mass is 9.96. The first-order chi connectivity index (χ1) is 14.2. The van der Waals surface area contributed by atoms with Crippen LogP contribution in [0.4, 0.5) is 0 Å². The topological polar surface area (TPSA) is 50.8 Å². The maximum Gasteiger partial charge on any atom is 0.227 e. The summed E-state index contributed by atoms with van der Waals surface area (Å²) in [7, 11) is 3.51. The van der Waals surface area contributed by atoms with Crippen molar-refractivity contribution in [1.29, 1.82) is 0 Å². The molecule has 29 heavy (non-hydrogen) atoms.